The van der Waals surface area contributed by atoms with Crippen molar-refractivity contribution in [2.45, 2.75) is 16.6 Å². The van der Waals surface area contributed by atoms with Crippen LogP contribution in [0.4, 0.5) is 5.69 Å². The highest BCUT2D eigenvalue weighted by molar-refractivity contribution is 9.10. The summed E-state index contributed by atoms with van der Waals surface area (Å²) in [4.78, 5) is 11.2. The number of anilines is 1. The summed E-state index contributed by atoms with van der Waals surface area (Å²) in [5, 5.41) is 2.64. The quantitative estimate of drug-likeness (QED) is 0.821. The Kier molecular flexibility index (Phi) is 4.67. The average molecular weight is 321 g/mol. The van der Waals surface area contributed by atoms with Gasteiger partial charge in [0, 0.05) is 5.69 Å². The van der Waals surface area contributed by atoms with E-state index in [1.54, 1.807) is 6.92 Å². The molecule has 0 bridgehead atoms. The van der Waals surface area contributed by atoms with Crippen molar-refractivity contribution in [2.24, 2.45) is 0 Å². The Morgan fingerprint density at radius 1 is 1.29 bits per heavy atom. The van der Waals surface area contributed by atoms with Crippen molar-refractivity contribution >= 4 is 37.5 Å². The number of hydrogen-bond donors (Lipinski definition) is 2. The summed E-state index contributed by atoms with van der Waals surface area (Å²) >= 11 is 3.14. The number of alkyl halides is 1. The number of amides is 1. The van der Waals surface area contributed by atoms with E-state index < -0.39 is 10.0 Å². The molecule has 94 valence electrons. The van der Waals surface area contributed by atoms with Gasteiger partial charge in [-0.25, -0.2) is 13.1 Å². The van der Waals surface area contributed by atoms with E-state index >= 15 is 0 Å². The van der Waals surface area contributed by atoms with E-state index in [9.17, 15) is 13.2 Å². The molecule has 0 aliphatic carbocycles. The van der Waals surface area contributed by atoms with Crippen LogP contribution in [0.15, 0.2) is 29.2 Å². The molecule has 0 aromatic heterocycles. The molecule has 17 heavy (non-hydrogen) atoms. The second-order valence-corrected chi connectivity index (χ2v) is 6.60. The van der Waals surface area contributed by atoms with Crippen LogP contribution < -0.4 is 10.0 Å². The zero-order chi connectivity index (χ0) is 13.1. The summed E-state index contributed by atoms with van der Waals surface area (Å²) in [6.45, 7) is 1.70. The van der Waals surface area contributed by atoms with E-state index in [1.165, 1.54) is 31.3 Å². The third kappa shape index (κ3) is 3.79. The van der Waals surface area contributed by atoms with Crippen LogP contribution in [0.2, 0.25) is 0 Å². The molecule has 0 heterocycles. The first-order valence-corrected chi connectivity index (χ1v) is 7.25. The summed E-state index contributed by atoms with van der Waals surface area (Å²) in [5.41, 5.74) is 0.552. The molecule has 0 spiro atoms. The Hall–Kier alpha value is -0.920. The molecule has 0 aliphatic heterocycles. The molecule has 1 aromatic rings. The van der Waals surface area contributed by atoms with Crippen LogP contribution in [0.1, 0.15) is 6.92 Å². The van der Waals surface area contributed by atoms with Crippen LogP contribution >= 0.6 is 15.9 Å². The smallest absolute Gasteiger partial charge is 0.240 e. The van der Waals surface area contributed by atoms with Crippen molar-refractivity contribution in [2.75, 3.05) is 12.4 Å². The van der Waals surface area contributed by atoms with Gasteiger partial charge in [0.05, 0.1) is 9.72 Å². The Morgan fingerprint density at radius 2 is 1.82 bits per heavy atom. The Bertz CT molecular complexity index is 497. The zero-order valence-corrected chi connectivity index (χ0v) is 11.8. The fraction of sp³-hybridized carbons (Fsp3) is 0.300. The zero-order valence-electron chi connectivity index (χ0n) is 9.40. The lowest BCUT2D eigenvalue weighted by Crippen LogP contribution is -2.20. The number of sulfonamides is 1. The lowest BCUT2D eigenvalue weighted by atomic mass is 10.3. The third-order valence-corrected chi connectivity index (χ3v) is 3.91. The van der Waals surface area contributed by atoms with Gasteiger partial charge in [0.15, 0.2) is 0 Å². The van der Waals surface area contributed by atoms with Gasteiger partial charge in [-0.15, -0.1) is 0 Å². The summed E-state index contributed by atoms with van der Waals surface area (Å²) in [5.74, 6) is -0.186. The minimum Gasteiger partial charge on any atom is -0.325 e. The van der Waals surface area contributed by atoms with Gasteiger partial charge in [-0.2, -0.15) is 0 Å². The third-order valence-electron chi connectivity index (χ3n) is 2.06. The van der Waals surface area contributed by atoms with Gasteiger partial charge in [0.1, 0.15) is 0 Å². The van der Waals surface area contributed by atoms with Gasteiger partial charge in [0.25, 0.3) is 0 Å². The molecule has 1 unspecified atom stereocenters. The van der Waals surface area contributed by atoms with Crippen molar-refractivity contribution in [3.63, 3.8) is 0 Å². The maximum Gasteiger partial charge on any atom is 0.240 e. The van der Waals surface area contributed by atoms with Gasteiger partial charge < -0.3 is 5.32 Å². The summed E-state index contributed by atoms with van der Waals surface area (Å²) < 4.78 is 25.1. The van der Waals surface area contributed by atoms with Gasteiger partial charge >= 0.3 is 0 Å². The van der Waals surface area contributed by atoms with E-state index in [0.29, 0.717) is 5.69 Å². The molecule has 5 nitrogen and oxygen atoms in total. The molecule has 7 heteroatoms. The Balaban J connectivity index is 2.86. The van der Waals surface area contributed by atoms with Crippen LogP contribution in [0.3, 0.4) is 0 Å². The van der Waals surface area contributed by atoms with Crippen molar-refractivity contribution in [3.8, 4) is 0 Å². The molecule has 0 aliphatic rings. The molecule has 1 aromatic carbocycles. The SMILES string of the molecule is CNS(=O)(=O)c1ccc(NC(=O)C(C)Br)cc1. The van der Waals surface area contributed by atoms with Crippen molar-refractivity contribution < 1.29 is 13.2 Å². The van der Waals surface area contributed by atoms with Crippen molar-refractivity contribution in [1.82, 2.24) is 4.72 Å². The normalized spacial score (nSPS) is 13.1. The monoisotopic (exact) mass is 320 g/mol. The molecule has 0 fully saturated rings. The molecule has 0 saturated heterocycles. The Morgan fingerprint density at radius 3 is 2.24 bits per heavy atom. The van der Waals surface area contributed by atoms with Gasteiger partial charge in [0.2, 0.25) is 15.9 Å². The van der Waals surface area contributed by atoms with E-state index in [1.807, 2.05) is 0 Å². The number of rotatable bonds is 4. The average Bonchev–Trinajstić information content (AvgIpc) is 2.29. The minimum absolute atomic E-state index is 0.157. The number of halogens is 1. The number of carbonyl (C=O) groups excluding carboxylic acids is 1. The summed E-state index contributed by atoms with van der Waals surface area (Å²) in [6.07, 6.45) is 0. The number of nitrogens with one attached hydrogen (secondary N) is 2. The van der Waals surface area contributed by atoms with Crippen LogP contribution in [0, 0.1) is 0 Å². The summed E-state index contributed by atoms with van der Waals surface area (Å²) in [7, 11) is -2.09. The second kappa shape index (κ2) is 5.61. The number of benzene rings is 1. The van der Waals surface area contributed by atoms with E-state index in [0.717, 1.165) is 0 Å². The molecular weight excluding hydrogens is 308 g/mol. The first kappa shape index (κ1) is 14.1. The maximum atomic E-state index is 11.4. The van der Waals surface area contributed by atoms with E-state index in [2.05, 4.69) is 26.0 Å². The molecular formula is C10H13BrN2O3S. The van der Waals surface area contributed by atoms with E-state index in [-0.39, 0.29) is 15.6 Å². The van der Waals surface area contributed by atoms with Crippen LogP contribution in [0.5, 0.6) is 0 Å². The van der Waals surface area contributed by atoms with Crippen LogP contribution in [-0.4, -0.2) is 26.2 Å². The van der Waals surface area contributed by atoms with E-state index in [4.69, 9.17) is 0 Å². The molecule has 1 rings (SSSR count). The molecule has 0 radical (unpaired) electrons. The molecule has 2 N–H and O–H groups in total. The standard InChI is InChI=1S/C10H13BrN2O3S/c1-7(11)10(14)13-8-3-5-9(6-4-8)17(15,16)12-2/h3-7,12H,1-2H3,(H,13,14). The molecule has 1 amide bonds. The predicted octanol–water partition coefficient (Wildman–Crippen LogP) is 1.32. The van der Waals surface area contributed by atoms with Gasteiger partial charge in [-0.1, -0.05) is 15.9 Å². The fourth-order valence-electron chi connectivity index (χ4n) is 1.08. The minimum atomic E-state index is -3.43. The van der Waals surface area contributed by atoms with Crippen LogP contribution in [-0.2, 0) is 14.8 Å². The number of hydrogen-bond acceptors (Lipinski definition) is 3. The number of carbonyl (C=O) groups is 1. The van der Waals surface area contributed by atoms with Gasteiger partial charge in [-0.3, -0.25) is 4.79 Å². The highest BCUT2D eigenvalue weighted by atomic mass is 79.9. The molecule has 1 atom stereocenters. The van der Waals surface area contributed by atoms with Crippen LogP contribution in [0.25, 0.3) is 0 Å². The topological polar surface area (TPSA) is 75.3 Å². The lowest BCUT2D eigenvalue weighted by molar-refractivity contribution is -0.115. The highest BCUT2D eigenvalue weighted by Crippen LogP contribution is 2.14. The van der Waals surface area contributed by atoms with Gasteiger partial charge in [-0.05, 0) is 38.2 Å². The Labute approximate surface area is 109 Å². The lowest BCUT2D eigenvalue weighted by Gasteiger charge is -2.07. The second-order valence-electron chi connectivity index (χ2n) is 3.34. The highest BCUT2D eigenvalue weighted by Gasteiger charge is 2.12. The largest absolute Gasteiger partial charge is 0.325 e. The predicted molar refractivity (Wildman–Crippen MR) is 69.7 cm³/mol. The maximum absolute atomic E-state index is 11.4. The molecule has 0 saturated carbocycles. The summed E-state index contributed by atoms with van der Waals surface area (Å²) in [6, 6.07) is 5.94. The van der Waals surface area contributed by atoms with Crippen molar-refractivity contribution in [1.29, 1.82) is 0 Å². The fourth-order valence-corrected chi connectivity index (χ4v) is 1.92. The first-order chi connectivity index (χ1) is 7.86. The first-order valence-electron chi connectivity index (χ1n) is 4.85. The van der Waals surface area contributed by atoms with Crippen molar-refractivity contribution in [3.05, 3.63) is 24.3 Å².